The number of fused-ring (bicyclic) bond motifs is 1. The highest BCUT2D eigenvalue weighted by Gasteiger charge is 2.20. The molecule has 0 aliphatic carbocycles. The van der Waals surface area contributed by atoms with Gasteiger partial charge in [0.15, 0.2) is 0 Å². The van der Waals surface area contributed by atoms with Crippen molar-refractivity contribution in [2.45, 2.75) is 12.6 Å². The fourth-order valence-corrected chi connectivity index (χ4v) is 3.66. The van der Waals surface area contributed by atoms with E-state index >= 15 is 0 Å². The number of carbonyl (C=O) groups excluding carboxylic acids is 1. The summed E-state index contributed by atoms with van der Waals surface area (Å²) >= 11 is 6.37. The summed E-state index contributed by atoms with van der Waals surface area (Å²) in [4.78, 5) is 15.0. The molecule has 0 aliphatic rings. The summed E-state index contributed by atoms with van der Waals surface area (Å²) in [6.45, 7) is 1.76. The van der Waals surface area contributed by atoms with E-state index < -0.39 is 0 Å². The highest BCUT2D eigenvalue weighted by Crippen LogP contribution is 2.26. The van der Waals surface area contributed by atoms with Gasteiger partial charge in [-0.1, -0.05) is 48.0 Å². The molecule has 0 fully saturated rings. The van der Waals surface area contributed by atoms with Gasteiger partial charge in [-0.05, 0) is 31.8 Å². The Morgan fingerprint density at radius 2 is 1.89 bits per heavy atom. The van der Waals surface area contributed by atoms with Gasteiger partial charge in [0.05, 0.1) is 18.2 Å². The Balaban J connectivity index is 1.82. The molecule has 0 spiro atoms. The van der Waals surface area contributed by atoms with Crippen molar-refractivity contribution in [3.8, 4) is 0 Å². The molecule has 0 bridgehead atoms. The number of amides is 1. The maximum atomic E-state index is 13.0. The first kappa shape index (κ1) is 20.4. The maximum absolute atomic E-state index is 13.0. The van der Waals surface area contributed by atoms with Crippen LogP contribution in [-0.4, -0.2) is 49.7 Å². The lowest BCUT2D eigenvalue weighted by Crippen LogP contribution is -2.34. The number of hydrogen-bond acceptors (Lipinski definition) is 3. The van der Waals surface area contributed by atoms with Gasteiger partial charge in [0.1, 0.15) is 0 Å². The van der Waals surface area contributed by atoms with Gasteiger partial charge in [-0.2, -0.15) is 0 Å². The van der Waals surface area contributed by atoms with Crippen LogP contribution in [0.5, 0.6) is 0 Å². The zero-order valence-corrected chi connectivity index (χ0v) is 17.2. The molecule has 0 unspecified atom stereocenters. The second kappa shape index (κ2) is 9.24. The van der Waals surface area contributed by atoms with Gasteiger partial charge in [-0.25, -0.2) is 0 Å². The second-order valence-corrected chi connectivity index (χ2v) is 7.36. The van der Waals surface area contributed by atoms with E-state index in [4.69, 9.17) is 16.3 Å². The quantitative estimate of drug-likeness (QED) is 0.623. The first-order valence-electron chi connectivity index (χ1n) is 9.28. The Kier molecular flexibility index (Phi) is 6.73. The van der Waals surface area contributed by atoms with Gasteiger partial charge in [0, 0.05) is 42.3 Å². The Bertz CT molecular complexity index is 952. The molecule has 3 aromatic rings. The van der Waals surface area contributed by atoms with Crippen LogP contribution < -0.4 is 5.32 Å². The van der Waals surface area contributed by atoms with Gasteiger partial charge in [-0.15, -0.1) is 0 Å². The van der Waals surface area contributed by atoms with E-state index in [0.717, 1.165) is 16.5 Å². The van der Waals surface area contributed by atoms with Crippen LogP contribution in [0.4, 0.5) is 0 Å². The number of hydrogen-bond donors (Lipinski definition) is 1. The predicted octanol–water partition coefficient (Wildman–Crippen LogP) is 3.97. The zero-order chi connectivity index (χ0) is 20.1. The minimum Gasteiger partial charge on any atom is -0.383 e. The van der Waals surface area contributed by atoms with Crippen LogP contribution in [0.1, 0.15) is 22.0 Å². The number of rotatable bonds is 8. The van der Waals surface area contributed by atoms with E-state index in [1.807, 2.05) is 68.8 Å². The molecule has 1 amide bonds. The van der Waals surface area contributed by atoms with Crippen molar-refractivity contribution >= 4 is 28.4 Å². The fourth-order valence-electron chi connectivity index (χ4n) is 3.40. The number of benzene rings is 2. The molecule has 3 rings (SSSR count). The lowest BCUT2D eigenvalue weighted by Gasteiger charge is -2.26. The van der Waals surface area contributed by atoms with Gasteiger partial charge < -0.3 is 19.5 Å². The first-order valence-corrected chi connectivity index (χ1v) is 9.66. The lowest BCUT2D eigenvalue weighted by molar-refractivity contribution is 0.0943. The van der Waals surface area contributed by atoms with Crippen LogP contribution >= 0.6 is 11.6 Å². The minimum atomic E-state index is -0.0914. The average Bonchev–Trinajstić information content (AvgIpc) is 3.06. The predicted molar refractivity (Wildman–Crippen MR) is 114 cm³/mol. The smallest absolute Gasteiger partial charge is 0.253 e. The van der Waals surface area contributed by atoms with E-state index in [-0.39, 0.29) is 11.9 Å². The number of carbonyl (C=O) groups is 1. The first-order chi connectivity index (χ1) is 13.5. The summed E-state index contributed by atoms with van der Waals surface area (Å²) in [5.41, 5.74) is 2.69. The number of para-hydroxylation sites is 1. The highest BCUT2D eigenvalue weighted by molar-refractivity contribution is 6.31. The third-order valence-electron chi connectivity index (χ3n) is 4.91. The summed E-state index contributed by atoms with van der Waals surface area (Å²) in [5, 5.41) is 4.72. The normalized spacial score (nSPS) is 12.5. The number of likely N-dealkylation sites (N-methyl/N-ethyl adjacent to an activating group) is 1. The van der Waals surface area contributed by atoms with E-state index in [0.29, 0.717) is 30.3 Å². The van der Waals surface area contributed by atoms with E-state index in [1.165, 1.54) is 0 Å². The van der Waals surface area contributed by atoms with E-state index in [9.17, 15) is 4.79 Å². The van der Waals surface area contributed by atoms with Crippen LogP contribution in [0.25, 0.3) is 10.9 Å². The Labute approximate surface area is 170 Å². The van der Waals surface area contributed by atoms with Crippen molar-refractivity contribution in [2.24, 2.45) is 0 Å². The van der Waals surface area contributed by atoms with E-state index in [1.54, 1.807) is 7.11 Å². The van der Waals surface area contributed by atoms with Gasteiger partial charge in [0.2, 0.25) is 0 Å². The third-order valence-corrected chi connectivity index (χ3v) is 5.26. The molecule has 1 aromatic heterocycles. The topological polar surface area (TPSA) is 46.5 Å². The maximum Gasteiger partial charge on any atom is 0.253 e. The molecule has 1 heterocycles. The monoisotopic (exact) mass is 399 g/mol. The Morgan fingerprint density at radius 1 is 1.18 bits per heavy atom. The number of halogens is 1. The average molecular weight is 400 g/mol. The molecule has 28 heavy (non-hydrogen) atoms. The SMILES string of the molecule is COCCn1cc(C(=O)NC[C@@H](c2ccccc2Cl)N(C)C)c2ccccc21. The van der Waals surface area contributed by atoms with Gasteiger partial charge in [-0.3, -0.25) is 4.79 Å². The number of nitrogens with one attached hydrogen (secondary N) is 1. The molecule has 0 radical (unpaired) electrons. The summed E-state index contributed by atoms with van der Waals surface area (Å²) in [5.74, 6) is -0.0914. The lowest BCUT2D eigenvalue weighted by atomic mass is 10.1. The van der Waals surface area contributed by atoms with Crippen molar-refractivity contribution in [3.05, 3.63) is 70.9 Å². The Morgan fingerprint density at radius 3 is 2.61 bits per heavy atom. The van der Waals surface area contributed by atoms with Crippen molar-refractivity contribution in [3.63, 3.8) is 0 Å². The van der Waals surface area contributed by atoms with Crippen LogP contribution in [0.3, 0.4) is 0 Å². The van der Waals surface area contributed by atoms with E-state index in [2.05, 4.69) is 14.8 Å². The second-order valence-electron chi connectivity index (χ2n) is 6.96. The van der Waals surface area contributed by atoms with Gasteiger partial charge >= 0.3 is 0 Å². The number of nitrogens with zero attached hydrogens (tertiary/aromatic N) is 2. The molecule has 2 aromatic carbocycles. The van der Waals surface area contributed by atoms with Crippen LogP contribution in [0.2, 0.25) is 5.02 Å². The fraction of sp³-hybridized carbons (Fsp3) is 0.318. The highest BCUT2D eigenvalue weighted by atomic mass is 35.5. The van der Waals surface area contributed by atoms with Crippen molar-refractivity contribution < 1.29 is 9.53 Å². The zero-order valence-electron chi connectivity index (χ0n) is 16.5. The largest absolute Gasteiger partial charge is 0.383 e. The summed E-state index contributed by atoms with van der Waals surface area (Å²) < 4.78 is 7.25. The summed E-state index contributed by atoms with van der Waals surface area (Å²) in [7, 11) is 5.64. The molecule has 0 saturated carbocycles. The molecule has 148 valence electrons. The minimum absolute atomic E-state index is 0.0144. The summed E-state index contributed by atoms with van der Waals surface area (Å²) in [6.07, 6.45) is 1.90. The van der Waals surface area contributed by atoms with Crippen molar-refractivity contribution in [1.29, 1.82) is 0 Å². The van der Waals surface area contributed by atoms with Gasteiger partial charge in [0.25, 0.3) is 5.91 Å². The molecule has 6 heteroatoms. The Hall–Kier alpha value is -2.34. The third kappa shape index (κ3) is 4.38. The van der Waals surface area contributed by atoms with Crippen LogP contribution in [0, 0.1) is 0 Å². The number of ether oxygens (including phenoxy) is 1. The molecule has 0 saturated heterocycles. The van der Waals surface area contributed by atoms with Crippen LogP contribution in [0.15, 0.2) is 54.7 Å². The number of aromatic nitrogens is 1. The molecular weight excluding hydrogens is 374 g/mol. The molecular formula is C22H26ClN3O2. The molecule has 1 atom stereocenters. The van der Waals surface area contributed by atoms with Crippen molar-refractivity contribution in [1.82, 2.24) is 14.8 Å². The number of methoxy groups -OCH3 is 1. The van der Waals surface area contributed by atoms with Crippen molar-refractivity contribution in [2.75, 3.05) is 34.4 Å². The molecule has 1 N–H and O–H groups in total. The molecule has 0 aliphatic heterocycles. The molecule has 5 nitrogen and oxygen atoms in total. The van der Waals surface area contributed by atoms with Crippen LogP contribution in [-0.2, 0) is 11.3 Å². The standard InChI is InChI=1S/C22H26ClN3O2/c1-25(2)21(17-9-4-6-10-19(17)23)14-24-22(27)18-15-26(12-13-28-3)20-11-7-5-8-16(18)20/h4-11,15,21H,12-14H2,1-3H3,(H,24,27)/t21-/m0/s1. The summed E-state index contributed by atoms with van der Waals surface area (Å²) in [6, 6.07) is 15.7.